The van der Waals surface area contributed by atoms with Gasteiger partial charge in [-0.3, -0.25) is 19.0 Å². The number of aromatic amines is 1. The zero-order chi connectivity index (χ0) is 46.3. The zero-order valence-corrected chi connectivity index (χ0v) is 38.2. The number of rotatable bonds is 13. The van der Waals surface area contributed by atoms with Crippen molar-refractivity contribution in [1.82, 2.24) is 59.7 Å². The molecule has 8 rings (SSSR count). The van der Waals surface area contributed by atoms with Crippen LogP contribution in [0.25, 0.3) is 66.9 Å². The molecule has 2 amide bonds. The highest BCUT2D eigenvalue weighted by Crippen LogP contribution is 2.30. The number of aliphatic hydroxyl groups is 2. The molecule has 17 nitrogen and oxygen atoms in total. The van der Waals surface area contributed by atoms with E-state index in [2.05, 4.69) is 60.4 Å². The maximum absolute atomic E-state index is 13.8. The fourth-order valence-electron chi connectivity index (χ4n) is 6.82. The second-order valence-electron chi connectivity index (χ2n) is 18.2. The standard InChI is InChI=1S/C25H33FN6O3Si.C19H19FN6O2/c1-25(2,14-33)29-24(34)18-13-32(15-35-9-10-36(4,5)6)23-22(18)28-19(12-27-23)21-17-8-7-16(26)11-20(17)31(3)30-21;1-19(2,9-27)24-18(28)12-7-21-17-16(12)23-13(8-22-17)15-11-5-4-10(20)6-14(11)26(3)25-15/h7-8,11-13,33H,9-10,14-15H2,1-6H3,(H,29,34);4-8,27H,9H2,1-3H3,(H,21,22)(H,24,28). The van der Waals surface area contributed by atoms with E-state index in [1.165, 1.54) is 30.5 Å². The lowest BCUT2D eigenvalue weighted by Crippen LogP contribution is -2.46. The minimum absolute atomic E-state index is 0.200. The molecule has 0 aliphatic carbocycles. The zero-order valence-electron chi connectivity index (χ0n) is 37.2. The van der Waals surface area contributed by atoms with Gasteiger partial charge in [-0.25, -0.2) is 28.7 Å². The summed E-state index contributed by atoms with van der Waals surface area (Å²) in [5, 5.41) is 35.1. The number of carbonyl (C=O) groups excluding carboxylic acids is 2. The number of amides is 2. The number of hydrogen-bond donors (Lipinski definition) is 5. The van der Waals surface area contributed by atoms with Crippen molar-refractivity contribution < 1.29 is 33.3 Å². The molecule has 0 saturated carbocycles. The highest BCUT2D eigenvalue weighted by atomic mass is 28.3. The first-order valence-electron chi connectivity index (χ1n) is 20.6. The first-order chi connectivity index (χ1) is 30.2. The van der Waals surface area contributed by atoms with Gasteiger partial charge in [-0.05, 0) is 70.1 Å². The van der Waals surface area contributed by atoms with Crippen LogP contribution in [0.15, 0.2) is 61.2 Å². The van der Waals surface area contributed by atoms with Crippen LogP contribution < -0.4 is 10.6 Å². The van der Waals surface area contributed by atoms with E-state index in [4.69, 9.17) is 9.72 Å². The largest absolute Gasteiger partial charge is 0.394 e. The van der Waals surface area contributed by atoms with Crippen LogP contribution in [0.1, 0.15) is 48.4 Å². The lowest BCUT2D eigenvalue weighted by molar-refractivity contribution is 0.0855. The van der Waals surface area contributed by atoms with E-state index in [0.29, 0.717) is 73.9 Å². The summed E-state index contributed by atoms with van der Waals surface area (Å²) in [5.41, 5.74) is 4.10. The number of aliphatic hydroxyl groups excluding tert-OH is 2. The highest BCUT2D eigenvalue weighted by molar-refractivity contribution is 6.76. The van der Waals surface area contributed by atoms with Crippen LogP contribution in [0.2, 0.25) is 25.7 Å². The molecule has 2 aromatic carbocycles. The Kier molecular flexibility index (Phi) is 12.5. The Balaban J connectivity index is 0.000000197. The summed E-state index contributed by atoms with van der Waals surface area (Å²) < 4.78 is 38.2. The van der Waals surface area contributed by atoms with E-state index in [1.807, 2.05) is 0 Å². The van der Waals surface area contributed by atoms with Gasteiger partial charge < -0.3 is 35.1 Å². The molecule has 5 N–H and O–H groups in total. The molecule has 0 radical (unpaired) electrons. The Morgan fingerprint density at radius 3 is 1.83 bits per heavy atom. The molecular formula is C44H52F2N12O5Si. The van der Waals surface area contributed by atoms with E-state index >= 15 is 0 Å². The first kappa shape index (κ1) is 45.5. The fourth-order valence-corrected chi connectivity index (χ4v) is 7.57. The van der Waals surface area contributed by atoms with Crippen molar-refractivity contribution in [3.63, 3.8) is 0 Å². The normalized spacial score (nSPS) is 12.3. The molecule has 336 valence electrons. The smallest absolute Gasteiger partial charge is 0.255 e. The number of carbonyl (C=O) groups is 2. The summed E-state index contributed by atoms with van der Waals surface area (Å²) >= 11 is 0. The third-order valence-electron chi connectivity index (χ3n) is 10.5. The van der Waals surface area contributed by atoms with Gasteiger partial charge in [0.1, 0.15) is 52.2 Å². The Morgan fingerprint density at radius 1 is 0.781 bits per heavy atom. The van der Waals surface area contributed by atoms with E-state index < -0.39 is 19.2 Å². The molecule has 0 bridgehead atoms. The molecule has 6 heterocycles. The van der Waals surface area contributed by atoms with Crippen molar-refractivity contribution in [2.75, 3.05) is 19.8 Å². The average molecular weight is 895 g/mol. The van der Waals surface area contributed by atoms with Crippen molar-refractivity contribution in [3.05, 3.63) is 83.9 Å². The van der Waals surface area contributed by atoms with Gasteiger partial charge in [0.25, 0.3) is 11.8 Å². The van der Waals surface area contributed by atoms with Gasteiger partial charge in [-0.15, -0.1) is 0 Å². The van der Waals surface area contributed by atoms with Gasteiger partial charge in [0.2, 0.25) is 0 Å². The number of hydrogen-bond acceptors (Lipinski definition) is 11. The summed E-state index contributed by atoms with van der Waals surface area (Å²) in [6.45, 7) is 14.2. The lowest BCUT2D eigenvalue weighted by atomic mass is 10.1. The molecule has 0 unspecified atom stereocenters. The summed E-state index contributed by atoms with van der Waals surface area (Å²) in [6, 6.07) is 9.90. The Bertz CT molecular complexity index is 3040. The van der Waals surface area contributed by atoms with E-state index in [1.54, 1.807) is 86.4 Å². The Morgan fingerprint density at radius 2 is 1.30 bits per heavy atom. The van der Waals surface area contributed by atoms with Crippen molar-refractivity contribution in [2.45, 2.75) is 71.2 Å². The van der Waals surface area contributed by atoms with Gasteiger partial charge in [0.15, 0.2) is 11.3 Å². The predicted molar refractivity (Wildman–Crippen MR) is 242 cm³/mol. The number of ether oxygens (including phenoxy) is 1. The SMILES string of the molecule is Cn1nc(-c2cnc3[nH]cc(C(=O)NC(C)(C)CO)c3n2)c2ccc(F)cc21.Cn1nc(-c2cnc3c(n2)c(C(=O)NC(C)(C)CO)cn3COCC[Si](C)(C)C)c2ccc(F)cc21. The number of nitrogens with zero attached hydrogens (tertiary/aromatic N) is 9. The van der Waals surface area contributed by atoms with Crippen LogP contribution in [-0.4, -0.2) is 110 Å². The van der Waals surface area contributed by atoms with Crippen LogP contribution in [0.5, 0.6) is 0 Å². The maximum Gasteiger partial charge on any atom is 0.255 e. The molecule has 20 heteroatoms. The van der Waals surface area contributed by atoms with Crippen molar-refractivity contribution in [1.29, 1.82) is 0 Å². The summed E-state index contributed by atoms with van der Waals surface area (Å²) in [4.78, 5) is 47.1. The van der Waals surface area contributed by atoms with Gasteiger partial charge in [-0.1, -0.05) is 19.6 Å². The molecule has 0 fully saturated rings. The predicted octanol–water partition coefficient (Wildman–Crippen LogP) is 6.09. The van der Waals surface area contributed by atoms with Crippen LogP contribution in [0, 0.1) is 11.6 Å². The second kappa shape index (κ2) is 17.6. The summed E-state index contributed by atoms with van der Waals surface area (Å²) in [6.07, 6.45) is 6.37. The van der Waals surface area contributed by atoms with E-state index in [0.717, 1.165) is 16.8 Å². The molecule has 0 spiro atoms. The van der Waals surface area contributed by atoms with Gasteiger partial charge in [0, 0.05) is 51.9 Å². The lowest BCUT2D eigenvalue weighted by Gasteiger charge is -2.23. The third-order valence-corrected chi connectivity index (χ3v) is 12.2. The molecule has 64 heavy (non-hydrogen) atoms. The van der Waals surface area contributed by atoms with Crippen LogP contribution in [0.3, 0.4) is 0 Å². The number of H-pyrrole nitrogens is 1. The number of fused-ring (bicyclic) bond motifs is 4. The molecule has 8 aromatic rings. The molecular weight excluding hydrogens is 843 g/mol. The minimum Gasteiger partial charge on any atom is -0.394 e. The van der Waals surface area contributed by atoms with E-state index in [9.17, 15) is 28.6 Å². The number of halogens is 2. The second-order valence-corrected chi connectivity index (χ2v) is 23.8. The maximum atomic E-state index is 13.8. The molecule has 0 atom stereocenters. The Labute approximate surface area is 367 Å². The van der Waals surface area contributed by atoms with Crippen molar-refractivity contribution in [2.24, 2.45) is 14.1 Å². The first-order valence-corrected chi connectivity index (χ1v) is 24.3. The number of nitrogens with one attached hydrogen (secondary N) is 3. The number of aromatic nitrogens is 10. The fraction of sp³-hybridized carbons (Fsp3) is 0.364. The number of benzene rings is 2. The van der Waals surface area contributed by atoms with Gasteiger partial charge in [-0.2, -0.15) is 10.2 Å². The Hall–Kier alpha value is -6.48. The minimum atomic E-state index is -1.24. The molecule has 6 aromatic heterocycles. The van der Waals surface area contributed by atoms with Crippen molar-refractivity contribution in [3.8, 4) is 22.8 Å². The van der Waals surface area contributed by atoms with Crippen molar-refractivity contribution >= 4 is 64.0 Å². The van der Waals surface area contributed by atoms with Gasteiger partial charge >= 0.3 is 0 Å². The average Bonchev–Trinajstić information content (AvgIpc) is 4.00. The topological polar surface area (TPSA) is 216 Å². The van der Waals surface area contributed by atoms with Crippen LogP contribution >= 0.6 is 0 Å². The number of aryl methyl sites for hydroxylation is 2. The summed E-state index contributed by atoms with van der Waals surface area (Å²) in [5.74, 6) is -1.45. The molecule has 0 aliphatic rings. The highest BCUT2D eigenvalue weighted by Gasteiger charge is 2.27. The molecule has 0 saturated heterocycles. The van der Waals surface area contributed by atoms with E-state index in [-0.39, 0.29) is 43.4 Å². The van der Waals surface area contributed by atoms with Crippen LogP contribution in [0.4, 0.5) is 8.78 Å². The monoisotopic (exact) mass is 894 g/mol. The third kappa shape index (κ3) is 9.69. The summed E-state index contributed by atoms with van der Waals surface area (Å²) in [7, 11) is 2.22. The van der Waals surface area contributed by atoms with Crippen LogP contribution in [-0.2, 0) is 25.6 Å². The molecule has 0 aliphatic heterocycles. The van der Waals surface area contributed by atoms with Gasteiger partial charge in [0.05, 0.1) is 58.8 Å². The quantitative estimate of drug-likeness (QED) is 0.0660.